The lowest BCUT2D eigenvalue weighted by Crippen LogP contribution is -2.31. The lowest BCUT2D eigenvalue weighted by atomic mass is 10.3. The molecule has 1 aromatic heterocycles. The molecule has 1 aromatic rings. The molecule has 1 amide bonds. The molecule has 1 rings (SSSR count). The number of amides is 1. The Bertz CT molecular complexity index is 459. The highest BCUT2D eigenvalue weighted by Gasteiger charge is 2.10. The number of aromatic nitrogens is 2. The maximum Gasteiger partial charge on any atom is 0.226 e. The minimum absolute atomic E-state index is 0.0661. The van der Waals surface area contributed by atoms with Gasteiger partial charge in [0.1, 0.15) is 0 Å². The highest BCUT2D eigenvalue weighted by atomic mass is 16.5. The quantitative estimate of drug-likeness (QED) is 0.796. The topological polar surface area (TPSA) is 67.4 Å². The second-order valence-electron chi connectivity index (χ2n) is 5.08. The van der Waals surface area contributed by atoms with Crippen LogP contribution in [0.5, 0.6) is 5.88 Å². The van der Waals surface area contributed by atoms with Gasteiger partial charge in [0, 0.05) is 37.8 Å². The van der Waals surface area contributed by atoms with Crippen LogP contribution in [-0.4, -0.2) is 46.5 Å². The van der Waals surface area contributed by atoms with Gasteiger partial charge in [-0.15, -0.1) is 0 Å². The van der Waals surface area contributed by atoms with Crippen molar-refractivity contribution in [3.63, 3.8) is 0 Å². The summed E-state index contributed by atoms with van der Waals surface area (Å²) in [4.78, 5) is 22.3. The highest BCUT2D eigenvalue weighted by Crippen LogP contribution is 2.13. The Morgan fingerprint density at radius 3 is 2.57 bits per heavy atom. The zero-order chi connectivity index (χ0) is 15.8. The van der Waals surface area contributed by atoms with E-state index in [1.807, 2.05) is 39.5 Å². The van der Waals surface area contributed by atoms with E-state index in [9.17, 15) is 4.79 Å². The third-order valence-corrected chi connectivity index (χ3v) is 2.93. The molecule has 6 heteroatoms. The molecule has 0 aliphatic rings. The summed E-state index contributed by atoms with van der Waals surface area (Å²) in [6, 6.07) is 1.80. The second kappa shape index (κ2) is 8.44. The van der Waals surface area contributed by atoms with Gasteiger partial charge in [0.05, 0.1) is 6.10 Å². The van der Waals surface area contributed by atoms with Crippen LogP contribution in [0.15, 0.2) is 6.07 Å². The number of rotatable bonds is 8. The third-order valence-electron chi connectivity index (χ3n) is 2.93. The number of hydrogen-bond acceptors (Lipinski definition) is 5. The molecule has 0 aliphatic heterocycles. The molecule has 0 saturated carbocycles. The second-order valence-corrected chi connectivity index (χ2v) is 5.08. The van der Waals surface area contributed by atoms with Crippen LogP contribution in [-0.2, 0) is 4.79 Å². The fourth-order valence-corrected chi connectivity index (χ4v) is 1.94. The zero-order valence-corrected chi connectivity index (χ0v) is 13.6. The molecule has 6 nitrogen and oxygen atoms in total. The molecule has 0 fully saturated rings. The first-order chi connectivity index (χ1) is 9.96. The van der Waals surface area contributed by atoms with Gasteiger partial charge >= 0.3 is 0 Å². The SMILES string of the molecule is CCN(CC)C(=O)CCNc1nc(C)cc(OC(C)C)n1. The van der Waals surface area contributed by atoms with Crippen LogP contribution < -0.4 is 10.1 Å². The number of aryl methyl sites for hydroxylation is 1. The predicted molar refractivity (Wildman–Crippen MR) is 83.6 cm³/mol. The summed E-state index contributed by atoms with van der Waals surface area (Å²) < 4.78 is 5.57. The maximum atomic E-state index is 11.9. The van der Waals surface area contributed by atoms with E-state index in [0.29, 0.717) is 24.8 Å². The Labute approximate surface area is 126 Å². The molecule has 0 aromatic carbocycles. The van der Waals surface area contributed by atoms with E-state index in [-0.39, 0.29) is 12.0 Å². The van der Waals surface area contributed by atoms with Crippen LogP contribution in [0.3, 0.4) is 0 Å². The number of nitrogens with zero attached hydrogens (tertiary/aromatic N) is 3. The summed E-state index contributed by atoms with van der Waals surface area (Å²) in [6.45, 7) is 11.7. The zero-order valence-electron chi connectivity index (χ0n) is 13.6. The monoisotopic (exact) mass is 294 g/mol. The van der Waals surface area contributed by atoms with Gasteiger partial charge in [-0.2, -0.15) is 4.98 Å². The first kappa shape index (κ1) is 17.2. The van der Waals surface area contributed by atoms with Gasteiger partial charge in [-0.3, -0.25) is 4.79 Å². The number of carbonyl (C=O) groups excluding carboxylic acids is 1. The Kier molecular flexibility index (Phi) is 6.91. The summed E-state index contributed by atoms with van der Waals surface area (Å²) in [6.07, 6.45) is 0.496. The number of nitrogens with one attached hydrogen (secondary N) is 1. The van der Waals surface area contributed by atoms with E-state index in [2.05, 4.69) is 15.3 Å². The van der Waals surface area contributed by atoms with Crippen molar-refractivity contribution in [2.75, 3.05) is 25.0 Å². The molecule has 0 saturated heterocycles. The third kappa shape index (κ3) is 5.97. The molecular weight excluding hydrogens is 268 g/mol. The minimum atomic E-state index is 0.0661. The first-order valence-corrected chi connectivity index (χ1v) is 7.50. The summed E-state index contributed by atoms with van der Waals surface area (Å²) in [7, 11) is 0. The van der Waals surface area contributed by atoms with Gasteiger partial charge < -0.3 is 15.0 Å². The Morgan fingerprint density at radius 1 is 1.33 bits per heavy atom. The van der Waals surface area contributed by atoms with Gasteiger partial charge in [-0.1, -0.05) is 0 Å². The van der Waals surface area contributed by atoms with Gasteiger partial charge in [-0.05, 0) is 34.6 Å². The number of ether oxygens (including phenoxy) is 1. The molecule has 118 valence electrons. The van der Waals surface area contributed by atoms with Crippen molar-refractivity contribution < 1.29 is 9.53 Å². The molecule has 0 radical (unpaired) electrons. The number of anilines is 1. The maximum absolute atomic E-state index is 11.9. The summed E-state index contributed by atoms with van der Waals surface area (Å²) in [5.74, 6) is 1.19. The van der Waals surface area contributed by atoms with Crippen LogP contribution >= 0.6 is 0 Å². The lowest BCUT2D eigenvalue weighted by molar-refractivity contribution is -0.130. The largest absolute Gasteiger partial charge is 0.475 e. The molecule has 1 heterocycles. The Morgan fingerprint density at radius 2 is 2.00 bits per heavy atom. The van der Waals surface area contributed by atoms with Gasteiger partial charge in [0.15, 0.2) is 0 Å². The van der Waals surface area contributed by atoms with E-state index in [4.69, 9.17) is 4.74 Å². The smallest absolute Gasteiger partial charge is 0.226 e. The van der Waals surface area contributed by atoms with Crippen molar-refractivity contribution in [1.82, 2.24) is 14.9 Å². The van der Waals surface area contributed by atoms with E-state index < -0.39 is 0 Å². The van der Waals surface area contributed by atoms with E-state index in [1.165, 1.54) is 0 Å². The molecule has 0 atom stereocenters. The van der Waals surface area contributed by atoms with Crippen molar-refractivity contribution in [2.45, 2.75) is 47.1 Å². The van der Waals surface area contributed by atoms with Gasteiger partial charge in [-0.25, -0.2) is 4.98 Å². The molecule has 0 spiro atoms. The highest BCUT2D eigenvalue weighted by molar-refractivity contribution is 5.76. The normalized spacial score (nSPS) is 10.6. The Balaban J connectivity index is 2.55. The standard InChI is InChI=1S/C15H26N4O2/c1-6-19(7-2)14(20)8-9-16-15-17-12(5)10-13(18-15)21-11(3)4/h10-11H,6-9H2,1-5H3,(H,16,17,18). The first-order valence-electron chi connectivity index (χ1n) is 7.50. The van der Waals surface area contributed by atoms with E-state index in [1.54, 1.807) is 6.07 Å². The Hall–Kier alpha value is -1.85. The molecule has 0 aliphatic carbocycles. The van der Waals surface area contributed by atoms with Gasteiger partial charge in [0.25, 0.3) is 0 Å². The minimum Gasteiger partial charge on any atom is -0.475 e. The molecule has 21 heavy (non-hydrogen) atoms. The van der Waals surface area contributed by atoms with Crippen molar-refractivity contribution in [2.24, 2.45) is 0 Å². The van der Waals surface area contributed by atoms with Crippen LogP contribution in [0, 0.1) is 6.92 Å². The summed E-state index contributed by atoms with van der Waals surface area (Å²) in [5.41, 5.74) is 0.832. The predicted octanol–water partition coefficient (Wildman–Crippen LogP) is 2.24. The van der Waals surface area contributed by atoms with Gasteiger partial charge in [0.2, 0.25) is 17.7 Å². The van der Waals surface area contributed by atoms with E-state index in [0.717, 1.165) is 18.8 Å². The molecule has 0 bridgehead atoms. The average Bonchev–Trinajstić information content (AvgIpc) is 2.38. The molecule has 0 unspecified atom stereocenters. The van der Waals surface area contributed by atoms with Crippen molar-refractivity contribution >= 4 is 11.9 Å². The molecular formula is C15H26N4O2. The van der Waals surface area contributed by atoms with Crippen LogP contribution in [0.2, 0.25) is 0 Å². The fourth-order valence-electron chi connectivity index (χ4n) is 1.94. The van der Waals surface area contributed by atoms with Crippen molar-refractivity contribution in [3.8, 4) is 5.88 Å². The average molecular weight is 294 g/mol. The lowest BCUT2D eigenvalue weighted by Gasteiger charge is -2.18. The number of carbonyl (C=O) groups is 1. The van der Waals surface area contributed by atoms with Crippen LogP contribution in [0.25, 0.3) is 0 Å². The van der Waals surface area contributed by atoms with Crippen LogP contribution in [0.4, 0.5) is 5.95 Å². The van der Waals surface area contributed by atoms with Crippen molar-refractivity contribution in [3.05, 3.63) is 11.8 Å². The fraction of sp³-hybridized carbons (Fsp3) is 0.667. The van der Waals surface area contributed by atoms with E-state index >= 15 is 0 Å². The number of hydrogen-bond donors (Lipinski definition) is 1. The van der Waals surface area contributed by atoms with Crippen LogP contribution in [0.1, 0.15) is 39.8 Å². The summed E-state index contributed by atoms with van der Waals surface area (Å²) in [5, 5.41) is 3.08. The van der Waals surface area contributed by atoms with Crippen molar-refractivity contribution in [1.29, 1.82) is 0 Å². The summed E-state index contributed by atoms with van der Waals surface area (Å²) >= 11 is 0. The molecule has 1 N–H and O–H groups in total.